The molecule has 2 bridgehead atoms. The molecule has 9 heteroatoms. The number of carbonyl (C=O) groups is 2. The van der Waals surface area contributed by atoms with Gasteiger partial charge in [-0.05, 0) is 66.3 Å². The van der Waals surface area contributed by atoms with Crippen LogP contribution in [0.4, 0.5) is 13.2 Å². The van der Waals surface area contributed by atoms with E-state index in [1.54, 1.807) is 12.4 Å². The minimum absolute atomic E-state index is 0.141. The van der Waals surface area contributed by atoms with Gasteiger partial charge in [0.1, 0.15) is 5.65 Å². The number of fused-ring (bicyclic) bond motifs is 1. The Hall–Kier alpha value is -3.36. The molecule has 3 aliphatic carbocycles. The van der Waals surface area contributed by atoms with Crippen LogP contribution < -0.4 is 5.32 Å². The number of aryl methyl sites for hydroxylation is 1. The summed E-state index contributed by atoms with van der Waals surface area (Å²) in [5, 5.41) is 3.98. The summed E-state index contributed by atoms with van der Waals surface area (Å²) < 4.78 is 45.8. The van der Waals surface area contributed by atoms with Crippen molar-refractivity contribution in [2.75, 3.05) is 7.11 Å². The van der Waals surface area contributed by atoms with Crippen LogP contribution in [-0.4, -0.2) is 34.1 Å². The Morgan fingerprint density at radius 2 is 1.84 bits per heavy atom. The second kappa shape index (κ2) is 8.60. The Morgan fingerprint density at radius 1 is 1.16 bits per heavy atom. The average molecular weight is 514 g/mol. The van der Waals surface area contributed by atoms with Gasteiger partial charge < -0.3 is 14.6 Å². The molecule has 37 heavy (non-hydrogen) atoms. The summed E-state index contributed by atoms with van der Waals surface area (Å²) >= 11 is 0. The minimum atomic E-state index is -4.39. The lowest BCUT2D eigenvalue weighted by Crippen LogP contribution is -2.86. The number of carbonyl (C=O) groups excluding carboxylic acids is 2. The molecule has 3 aliphatic rings. The van der Waals surface area contributed by atoms with E-state index in [-0.39, 0.29) is 34.7 Å². The number of esters is 1. The number of pyridine rings is 1. The van der Waals surface area contributed by atoms with Gasteiger partial charge in [-0.3, -0.25) is 9.59 Å². The predicted octanol–water partition coefficient (Wildman–Crippen LogP) is 5.37. The zero-order valence-electron chi connectivity index (χ0n) is 21.3. The molecule has 0 spiro atoms. The zero-order chi connectivity index (χ0) is 26.8. The van der Waals surface area contributed by atoms with Crippen LogP contribution in [0.2, 0.25) is 0 Å². The standard InChI is InChI=1S/C28H30F3N3O3/c1-5-34-14-21(25(36)33-27-15-26(16(27)2,17(27)3)13-22(35)37-4)23-19(10-11-32-24(23)34)12-18-6-8-20(9-7-18)28(29,30)31/h6-11,14,16-17H,5,12-13,15H2,1-4H3,(H,33,36)/t16-,17-,26?,27?/m0/s1. The highest BCUT2D eigenvalue weighted by Crippen LogP contribution is 2.76. The van der Waals surface area contributed by atoms with E-state index in [2.05, 4.69) is 24.1 Å². The summed E-state index contributed by atoms with van der Waals surface area (Å²) in [6.07, 6.45) is 0.514. The number of alkyl halides is 3. The number of aromatic nitrogens is 2. The molecule has 2 heterocycles. The van der Waals surface area contributed by atoms with Crippen LogP contribution in [0, 0.1) is 17.3 Å². The van der Waals surface area contributed by atoms with Gasteiger partial charge in [0.25, 0.3) is 5.91 Å². The number of amides is 1. The molecule has 3 aromatic rings. The predicted molar refractivity (Wildman–Crippen MR) is 132 cm³/mol. The smallest absolute Gasteiger partial charge is 0.416 e. The number of methoxy groups -OCH3 is 1. The molecule has 0 saturated heterocycles. The molecule has 6 nitrogen and oxygen atoms in total. The summed E-state index contributed by atoms with van der Waals surface area (Å²) in [5.74, 6) is -0.156. The van der Waals surface area contributed by atoms with Gasteiger partial charge in [-0.25, -0.2) is 4.98 Å². The number of hydrogen-bond donors (Lipinski definition) is 1. The fraction of sp³-hybridized carbons (Fsp3) is 0.464. The van der Waals surface area contributed by atoms with Gasteiger partial charge in [0.05, 0.1) is 24.7 Å². The van der Waals surface area contributed by atoms with Crippen molar-refractivity contribution in [2.45, 2.75) is 58.3 Å². The lowest BCUT2D eigenvalue weighted by molar-refractivity contribution is -0.278. The van der Waals surface area contributed by atoms with Crippen LogP contribution >= 0.6 is 0 Å². The molecule has 1 N–H and O–H groups in total. The molecule has 3 fully saturated rings. The topological polar surface area (TPSA) is 73.2 Å². The van der Waals surface area contributed by atoms with Crippen LogP contribution in [0.15, 0.2) is 42.7 Å². The van der Waals surface area contributed by atoms with Crippen molar-refractivity contribution < 1.29 is 27.5 Å². The van der Waals surface area contributed by atoms with Gasteiger partial charge in [-0.2, -0.15) is 13.2 Å². The summed E-state index contributed by atoms with van der Waals surface area (Å²) in [4.78, 5) is 30.1. The van der Waals surface area contributed by atoms with Crippen molar-refractivity contribution >= 4 is 22.9 Å². The lowest BCUT2D eigenvalue weighted by Gasteiger charge is -2.80. The van der Waals surface area contributed by atoms with Crippen LogP contribution in [0.3, 0.4) is 0 Å². The summed E-state index contributed by atoms with van der Waals surface area (Å²) in [5.41, 5.74) is 1.48. The number of nitrogens with one attached hydrogen (secondary N) is 1. The molecule has 2 aromatic heterocycles. The van der Waals surface area contributed by atoms with Crippen molar-refractivity contribution in [3.63, 3.8) is 0 Å². The third-order valence-corrected chi connectivity index (χ3v) is 9.04. The first kappa shape index (κ1) is 25.3. The molecule has 0 unspecified atom stereocenters. The summed E-state index contributed by atoms with van der Waals surface area (Å²) in [6.45, 7) is 6.72. The van der Waals surface area contributed by atoms with E-state index in [9.17, 15) is 22.8 Å². The number of benzene rings is 1. The fourth-order valence-corrected chi connectivity index (χ4v) is 6.70. The quantitative estimate of drug-likeness (QED) is 0.431. The first-order valence-corrected chi connectivity index (χ1v) is 12.5. The van der Waals surface area contributed by atoms with Gasteiger partial charge >= 0.3 is 12.1 Å². The number of rotatable bonds is 7. The van der Waals surface area contributed by atoms with E-state index >= 15 is 0 Å². The average Bonchev–Trinajstić information content (AvgIpc) is 3.27. The fourth-order valence-electron chi connectivity index (χ4n) is 6.70. The second-order valence-electron chi connectivity index (χ2n) is 10.5. The van der Waals surface area contributed by atoms with Crippen molar-refractivity contribution in [1.29, 1.82) is 0 Å². The normalized spacial score (nSPS) is 26.4. The van der Waals surface area contributed by atoms with Gasteiger partial charge in [0, 0.05) is 29.9 Å². The van der Waals surface area contributed by atoms with Crippen LogP contribution in [0.1, 0.15) is 60.7 Å². The maximum absolute atomic E-state index is 13.7. The summed E-state index contributed by atoms with van der Waals surface area (Å²) in [7, 11) is 1.39. The Bertz CT molecular complexity index is 1370. The van der Waals surface area contributed by atoms with Gasteiger partial charge in [-0.15, -0.1) is 0 Å². The Labute approximate surface area is 213 Å². The molecule has 1 aromatic carbocycles. The molecular formula is C28H30F3N3O3. The Balaban J connectivity index is 1.44. The van der Waals surface area contributed by atoms with Crippen molar-refractivity contribution in [3.05, 3.63) is 65.0 Å². The Morgan fingerprint density at radius 3 is 2.41 bits per heavy atom. The third kappa shape index (κ3) is 3.73. The first-order valence-electron chi connectivity index (χ1n) is 12.5. The van der Waals surface area contributed by atoms with Gasteiger partial charge in [0.15, 0.2) is 0 Å². The largest absolute Gasteiger partial charge is 0.469 e. The highest BCUT2D eigenvalue weighted by Gasteiger charge is 2.79. The van der Waals surface area contributed by atoms with E-state index in [0.29, 0.717) is 41.5 Å². The maximum Gasteiger partial charge on any atom is 0.416 e. The molecule has 1 amide bonds. The number of ether oxygens (including phenoxy) is 1. The first-order chi connectivity index (χ1) is 17.5. The molecule has 6 rings (SSSR count). The van der Waals surface area contributed by atoms with Crippen LogP contribution in [0.5, 0.6) is 0 Å². The molecule has 2 atom stereocenters. The zero-order valence-corrected chi connectivity index (χ0v) is 21.3. The SMILES string of the molecule is CCn1cc(C(=O)NC23CC(CC(=O)OC)([C@@H]2C)[C@@H]3C)c2c(Cc3ccc(C(F)(F)F)cc3)ccnc21. The Kier molecular flexibility index (Phi) is 5.88. The molecular weight excluding hydrogens is 483 g/mol. The van der Waals surface area contributed by atoms with E-state index in [4.69, 9.17) is 4.74 Å². The highest BCUT2D eigenvalue weighted by molar-refractivity contribution is 6.08. The number of nitrogens with zero attached hydrogens (tertiary/aromatic N) is 2. The number of halogens is 3. The van der Waals surface area contributed by atoms with Crippen molar-refractivity contribution in [3.8, 4) is 0 Å². The van der Waals surface area contributed by atoms with E-state index in [0.717, 1.165) is 24.1 Å². The van der Waals surface area contributed by atoms with Gasteiger partial charge in [-0.1, -0.05) is 26.0 Å². The monoisotopic (exact) mass is 513 g/mol. The van der Waals surface area contributed by atoms with Crippen LogP contribution in [-0.2, 0) is 28.7 Å². The lowest BCUT2D eigenvalue weighted by atomic mass is 9.27. The van der Waals surface area contributed by atoms with Crippen LogP contribution in [0.25, 0.3) is 11.0 Å². The second-order valence-corrected chi connectivity index (χ2v) is 10.5. The van der Waals surface area contributed by atoms with E-state index < -0.39 is 11.7 Å². The molecule has 196 valence electrons. The highest BCUT2D eigenvalue weighted by atomic mass is 19.4. The third-order valence-electron chi connectivity index (χ3n) is 9.04. The minimum Gasteiger partial charge on any atom is -0.469 e. The molecule has 3 saturated carbocycles. The van der Waals surface area contributed by atoms with E-state index in [1.807, 2.05) is 17.6 Å². The van der Waals surface area contributed by atoms with E-state index in [1.165, 1.54) is 19.2 Å². The summed E-state index contributed by atoms with van der Waals surface area (Å²) in [6, 6.07) is 6.91. The maximum atomic E-state index is 13.7. The molecule has 0 radical (unpaired) electrons. The molecule has 0 aliphatic heterocycles. The van der Waals surface area contributed by atoms with Gasteiger partial charge in [0.2, 0.25) is 0 Å². The van der Waals surface area contributed by atoms with Crippen molar-refractivity contribution in [2.24, 2.45) is 17.3 Å². The number of hydrogen-bond acceptors (Lipinski definition) is 4. The van der Waals surface area contributed by atoms with Crippen molar-refractivity contribution in [1.82, 2.24) is 14.9 Å².